The van der Waals surface area contributed by atoms with E-state index in [1.165, 1.54) is 18.2 Å². The largest absolute Gasteiger partial charge is 0.336 e. The highest BCUT2D eigenvalue weighted by atomic mass is 35.5. The monoisotopic (exact) mass is 270 g/mol. The highest BCUT2D eigenvalue weighted by Gasteiger charge is 2.30. The first-order valence-electron chi connectivity index (χ1n) is 6.09. The van der Waals surface area contributed by atoms with Gasteiger partial charge in [0.2, 0.25) is 0 Å². The third kappa shape index (κ3) is 2.65. The third-order valence-electron chi connectivity index (χ3n) is 3.30. The zero-order valence-corrected chi connectivity index (χ0v) is 10.8. The number of amides is 1. The van der Waals surface area contributed by atoms with Crippen LogP contribution in [0.15, 0.2) is 18.2 Å². The molecule has 1 aromatic rings. The first-order chi connectivity index (χ1) is 8.63. The summed E-state index contributed by atoms with van der Waals surface area (Å²) in [6.45, 7) is 1.20. The summed E-state index contributed by atoms with van der Waals surface area (Å²) in [5.74, 6) is -0.811. The summed E-state index contributed by atoms with van der Waals surface area (Å²) in [6.07, 6.45) is 2.64. The Morgan fingerprint density at radius 1 is 1.56 bits per heavy atom. The zero-order valence-electron chi connectivity index (χ0n) is 10.0. The summed E-state index contributed by atoms with van der Waals surface area (Å²) >= 11 is 5.81. The van der Waals surface area contributed by atoms with Crippen molar-refractivity contribution < 1.29 is 9.18 Å². The minimum Gasteiger partial charge on any atom is -0.336 e. The fraction of sp³-hybridized carbons (Fsp3) is 0.462. The molecular formula is C13H16ClFN2O. The number of carbonyl (C=O) groups is 1. The molecule has 1 unspecified atom stereocenters. The van der Waals surface area contributed by atoms with E-state index in [0.717, 1.165) is 19.3 Å². The first-order valence-corrected chi connectivity index (χ1v) is 6.47. The molecule has 0 radical (unpaired) electrons. The van der Waals surface area contributed by atoms with Crippen molar-refractivity contribution in [3.8, 4) is 0 Å². The molecule has 2 N–H and O–H groups in total. The second kappa shape index (κ2) is 5.67. The van der Waals surface area contributed by atoms with Crippen LogP contribution in [0.3, 0.4) is 0 Å². The number of nitrogens with zero attached hydrogens (tertiary/aromatic N) is 1. The van der Waals surface area contributed by atoms with Gasteiger partial charge in [0.15, 0.2) is 0 Å². The zero-order chi connectivity index (χ0) is 13.1. The number of halogens is 2. The molecule has 1 fully saturated rings. The maximum Gasteiger partial charge on any atom is 0.257 e. The van der Waals surface area contributed by atoms with E-state index in [1.807, 2.05) is 0 Å². The Bertz CT molecular complexity index is 453. The van der Waals surface area contributed by atoms with Crippen LogP contribution in [0.2, 0.25) is 5.02 Å². The van der Waals surface area contributed by atoms with E-state index < -0.39 is 5.82 Å². The molecule has 1 aliphatic heterocycles. The van der Waals surface area contributed by atoms with Crippen molar-refractivity contribution >= 4 is 17.5 Å². The second-order valence-electron chi connectivity index (χ2n) is 4.50. The Morgan fingerprint density at radius 2 is 2.33 bits per heavy atom. The minimum absolute atomic E-state index is 0.0476. The lowest BCUT2D eigenvalue weighted by atomic mass is 10.1. The van der Waals surface area contributed by atoms with Crippen molar-refractivity contribution in [3.63, 3.8) is 0 Å². The molecule has 3 nitrogen and oxygen atoms in total. The van der Waals surface area contributed by atoms with E-state index in [-0.39, 0.29) is 17.5 Å². The number of rotatable bonds is 3. The maximum atomic E-state index is 13.7. The molecule has 0 aliphatic carbocycles. The lowest BCUT2D eigenvalue weighted by Crippen LogP contribution is -2.37. The molecule has 1 heterocycles. The van der Waals surface area contributed by atoms with Crippen molar-refractivity contribution in [3.05, 3.63) is 34.6 Å². The molecule has 1 saturated heterocycles. The highest BCUT2D eigenvalue weighted by Crippen LogP contribution is 2.24. The summed E-state index contributed by atoms with van der Waals surface area (Å²) in [5, 5.41) is 0.370. The van der Waals surface area contributed by atoms with Crippen LogP contribution in [0.5, 0.6) is 0 Å². The van der Waals surface area contributed by atoms with Gasteiger partial charge in [-0.15, -0.1) is 0 Å². The normalized spacial score (nSPS) is 19.3. The molecule has 0 aromatic heterocycles. The van der Waals surface area contributed by atoms with E-state index in [2.05, 4.69) is 0 Å². The number of nitrogens with two attached hydrogens (primary N) is 1. The van der Waals surface area contributed by atoms with Gasteiger partial charge in [0.1, 0.15) is 5.82 Å². The number of likely N-dealkylation sites (tertiary alicyclic amines) is 1. The fourth-order valence-corrected chi connectivity index (χ4v) is 2.58. The Morgan fingerprint density at radius 3 is 3.06 bits per heavy atom. The lowest BCUT2D eigenvalue weighted by Gasteiger charge is -2.24. The Kier molecular flexibility index (Phi) is 4.19. The Labute approximate surface area is 111 Å². The number of hydrogen-bond donors (Lipinski definition) is 1. The molecule has 0 bridgehead atoms. The summed E-state index contributed by atoms with van der Waals surface area (Å²) in [4.78, 5) is 14.0. The van der Waals surface area contributed by atoms with Gasteiger partial charge in [-0.2, -0.15) is 0 Å². The molecule has 98 valence electrons. The van der Waals surface area contributed by atoms with Crippen molar-refractivity contribution in [2.75, 3.05) is 13.1 Å². The van der Waals surface area contributed by atoms with Crippen LogP contribution in [0, 0.1) is 5.82 Å². The maximum absolute atomic E-state index is 13.7. The SMILES string of the molecule is NCCC1CCCN1C(=O)c1cc(Cl)ccc1F. The van der Waals surface area contributed by atoms with Crippen LogP contribution >= 0.6 is 11.6 Å². The predicted molar refractivity (Wildman–Crippen MR) is 69.1 cm³/mol. The van der Waals surface area contributed by atoms with Crippen molar-refractivity contribution in [2.45, 2.75) is 25.3 Å². The van der Waals surface area contributed by atoms with Crippen LogP contribution in [0.1, 0.15) is 29.6 Å². The highest BCUT2D eigenvalue weighted by molar-refractivity contribution is 6.31. The van der Waals surface area contributed by atoms with Gasteiger partial charge in [-0.1, -0.05) is 11.6 Å². The van der Waals surface area contributed by atoms with Crippen LogP contribution in [-0.2, 0) is 0 Å². The van der Waals surface area contributed by atoms with Gasteiger partial charge in [0.25, 0.3) is 5.91 Å². The summed E-state index contributed by atoms with van der Waals surface area (Å²) in [7, 11) is 0. The van der Waals surface area contributed by atoms with Crippen LogP contribution in [-0.4, -0.2) is 29.9 Å². The molecule has 2 rings (SSSR count). The summed E-state index contributed by atoms with van der Waals surface area (Å²) in [5.41, 5.74) is 5.58. The van der Waals surface area contributed by atoms with Gasteiger partial charge in [0, 0.05) is 17.6 Å². The third-order valence-corrected chi connectivity index (χ3v) is 3.53. The van der Waals surface area contributed by atoms with E-state index >= 15 is 0 Å². The molecule has 0 saturated carbocycles. The van der Waals surface area contributed by atoms with E-state index in [9.17, 15) is 9.18 Å². The molecule has 1 atom stereocenters. The quantitative estimate of drug-likeness (QED) is 0.917. The number of hydrogen-bond acceptors (Lipinski definition) is 2. The second-order valence-corrected chi connectivity index (χ2v) is 4.93. The predicted octanol–water partition coefficient (Wildman–Crippen LogP) is 2.43. The lowest BCUT2D eigenvalue weighted by molar-refractivity contribution is 0.0727. The van der Waals surface area contributed by atoms with Gasteiger partial charge in [-0.25, -0.2) is 4.39 Å². The molecule has 0 spiro atoms. The van der Waals surface area contributed by atoms with Gasteiger partial charge in [-0.05, 0) is 44.0 Å². The van der Waals surface area contributed by atoms with Crippen molar-refractivity contribution in [2.24, 2.45) is 5.73 Å². The summed E-state index contributed by atoms with van der Waals surface area (Å²) in [6, 6.07) is 4.18. The van der Waals surface area contributed by atoms with Crippen LogP contribution < -0.4 is 5.73 Å². The van der Waals surface area contributed by atoms with Gasteiger partial charge in [-0.3, -0.25) is 4.79 Å². The van der Waals surface area contributed by atoms with Crippen molar-refractivity contribution in [1.29, 1.82) is 0 Å². The molecule has 1 aliphatic rings. The Balaban J connectivity index is 2.22. The van der Waals surface area contributed by atoms with E-state index in [4.69, 9.17) is 17.3 Å². The number of carbonyl (C=O) groups excluding carboxylic acids is 1. The average Bonchev–Trinajstić information content (AvgIpc) is 2.80. The van der Waals surface area contributed by atoms with Gasteiger partial charge < -0.3 is 10.6 Å². The summed E-state index contributed by atoms with van der Waals surface area (Å²) < 4.78 is 13.7. The average molecular weight is 271 g/mol. The van der Waals surface area contributed by atoms with Gasteiger partial charge >= 0.3 is 0 Å². The van der Waals surface area contributed by atoms with Crippen LogP contribution in [0.4, 0.5) is 4.39 Å². The molecular weight excluding hydrogens is 255 g/mol. The standard InChI is InChI=1S/C13H16ClFN2O/c14-9-3-4-12(15)11(8-9)13(18)17-7-1-2-10(17)5-6-16/h3-4,8,10H,1-2,5-7,16H2. The Hall–Kier alpha value is -1.13. The number of benzene rings is 1. The molecule has 5 heteroatoms. The van der Waals surface area contributed by atoms with E-state index in [0.29, 0.717) is 18.1 Å². The smallest absolute Gasteiger partial charge is 0.257 e. The molecule has 1 aromatic carbocycles. The molecule has 18 heavy (non-hydrogen) atoms. The van der Waals surface area contributed by atoms with Gasteiger partial charge in [0.05, 0.1) is 5.56 Å². The van der Waals surface area contributed by atoms with Crippen LogP contribution in [0.25, 0.3) is 0 Å². The fourth-order valence-electron chi connectivity index (χ4n) is 2.41. The molecule has 1 amide bonds. The van der Waals surface area contributed by atoms with E-state index in [1.54, 1.807) is 4.90 Å². The van der Waals surface area contributed by atoms with Crippen molar-refractivity contribution in [1.82, 2.24) is 4.90 Å². The minimum atomic E-state index is -0.525. The first kappa shape index (κ1) is 13.3. The topological polar surface area (TPSA) is 46.3 Å².